The van der Waals surface area contributed by atoms with Crippen molar-refractivity contribution in [3.8, 4) is 11.5 Å². The molecule has 3 aromatic rings. The average molecular weight is 394 g/mol. The molecule has 4 rings (SSSR count). The highest BCUT2D eigenvalue weighted by molar-refractivity contribution is 7.10. The van der Waals surface area contributed by atoms with Crippen LogP contribution in [0.4, 0.5) is 5.69 Å². The molecule has 1 atom stereocenters. The summed E-state index contributed by atoms with van der Waals surface area (Å²) in [5, 5.41) is 7.61. The average Bonchev–Trinajstić information content (AvgIpc) is 3.38. The first-order chi connectivity index (χ1) is 13.7. The predicted molar refractivity (Wildman–Crippen MR) is 107 cm³/mol. The lowest BCUT2D eigenvalue weighted by atomic mass is 10.1. The van der Waals surface area contributed by atoms with Gasteiger partial charge in [-0.2, -0.15) is 0 Å². The van der Waals surface area contributed by atoms with Crippen molar-refractivity contribution >= 4 is 28.8 Å². The minimum Gasteiger partial charge on any atom is -0.454 e. The van der Waals surface area contributed by atoms with Gasteiger partial charge >= 0.3 is 0 Å². The van der Waals surface area contributed by atoms with Crippen LogP contribution in [0.25, 0.3) is 0 Å². The van der Waals surface area contributed by atoms with Gasteiger partial charge in [0.05, 0.1) is 6.42 Å². The highest BCUT2D eigenvalue weighted by Crippen LogP contribution is 2.34. The lowest BCUT2D eigenvalue weighted by Crippen LogP contribution is -2.37. The maximum absolute atomic E-state index is 13.0. The molecule has 2 aromatic carbocycles. The standard InChI is InChI=1S/C21H18N2O4S/c24-19(12-16-7-4-10-28-16)23-20(14-5-2-1-3-6-14)21(25)22-15-8-9-17-18(11-15)27-13-26-17/h1-11,20H,12-13H2,(H,22,25)(H,23,24)/t20-/m1/s1. The summed E-state index contributed by atoms with van der Waals surface area (Å²) in [4.78, 5) is 26.4. The molecule has 1 aliphatic heterocycles. The first-order valence-electron chi connectivity index (χ1n) is 8.76. The summed E-state index contributed by atoms with van der Waals surface area (Å²) in [6.07, 6.45) is 0.234. The summed E-state index contributed by atoms with van der Waals surface area (Å²) < 4.78 is 10.6. The van der Waals surface area contributed by atoms with Crippen molar-refractivity contribution in [2.45, 2.75) is 12.5 Å². The SMILES string of the molecule is O=C(Cc1cccs1)N[C@@H](C(=O)Nc1ccc2c(c1)OCO2)c1ccccc1. The molecule has 1 aromatic heterocycles. The van der Waals surface area contributed by atoms with E-state index >= 15 is 0 Å². The van der Waals surface area contributed by atoms with E-state index in [0.717, 1.165) is 4.88 Å². The zero-order valence-corrected chi connectivity index (χ0v) is 15.7. The molecule has 142 valence electrons. The van der Waals surface area contributed by atoms with E-state index in [1.807, 2.05) is 47.8 Å². The molecule has 2 heterocycles. The van der Waals surface area contributed by atoms with Crippen LogP contribution < -0.4 is 20.1 Å². The molecule has 0 spiro atoms. The molecule has 2 N–H and O–H groups in total. The maximum atomic E-state index is 13.0. The topological polar surface area (TPSA) is 76.7 Å². The van der Waals surface area contributed by atoms with Gasteiger partial charge in [0.1, 0.15) is 6.04 Å². The largest absolute Gasteiger partial charge is 0.454 e. The summed E-state index contributed by atoms with van der Waals surface area (Å²) in [5.41, 5.74) is 1.28. The number of amides is 2. The molecular formula is C21H18N2O4S. The number of ether oxygens (including phenoxy) is 2. The number of thiophene rings is 1. The van der Waals surface area contributed by atoms with E-state index in [9.17, 15) is 9.59 Å². The number of rotatable bonds is 6. The first-order valence-corrected chi connectivity index (χ1v) is 9.64. The van der Waals surface area contributed by atoms with Crippen LogP contribution in [-0.2, 0) is 16.0 Å². The van der Waals surface area contributed by atoms with Crippen molar-refractivity contribution in [2.24, 2.45) is 0 Å². The van der Waals surface area contributed by atoms with Crippen LogP contribution in [0.2, 0.25) is 0 Å². The third-order valence-electron chi connectivity index (χ3n) is 4.26. The van der Waals surface area contributed by atoms with Gasteiger partial charge in [0.25, 0.3) is 5.91 Å². The van der Waals surface area contributed by atoms with Crippen LogP contribution in [0.1, 0.15) is 16.5 Å². The van der Waals surface area contributed by atoms with E-state index in [0.29, 0.717) is 22.7 Å². The lowest BCUT2D eigenvalue weighted by Gasteiger charge is -2.19. The van der Waals surface area contributed by atoms with E-state index in [-0.39, 0.29) is 25.0 Å². The van der Waals surface area contributed by atoms with Crippen LogP contribution >= 0.6 is 11.3 Å². The molecule has 7 heteroatoms. The molecule has 0 aliphatic carbocycles. The van der Waals surface area contributed by atoms with Crippen LogP contribution in [-0.4, -0.2) is 18.6 Å². The Morgan fingerprint density at radius 1 is 1.00 bits per heavy atom. The van der Waals surface area contributed by atoms with Crippen LogP contribution in [0.5, 0.6) is 11.5 Å². The summed E-state index contributed by atoms with van der Waals surface area (Å²) in [5.74, 6) is 0.680. The number of hydrogen-bond donors (Lipinski definition) is 2. The monoisotopic (exact) mass is 394 g/mol. The quantitative estimate of drug-likeness (QED) is 0.671. The second kappa shape index (κ2) is 8.14. The number of carbonyl (C=O) groups excluding carboxylic acids is 2. The Hall–Kier alpha value is -3.32. The molecule has 0 fully saturated rings. The molecular weight excluding hydrogens is 376 g/mol. The van der Waals surface area contributed by atoms with Gasteiger partial charge < -0.3 is 20.1 Å². The molecule has 6 nitrogen and oxygen atoms in total. The summed E-state index contributed by atoms with van der Waals surface area (Å²) >= 11 is 1.51. The fraction of sp³-hybridized carbons (Fsp3) is 0.143. The van der Waals surface area contributed by atoms with Gasteiger partial charge in [-0.25, -0.2) is 0 Å². The first kappa shape index (κ1) is 18.1. The number of fused-ring (bicyclic) bond motifs is 1. The fourth-order valence-corrected chi connectivity index (χ4v) is 3.62. The highest BCUT2D eigenvalue weighted by Gasteiger charge is 2.24. The van der Waals surface area contributed by atoms with Crippen molar-refractivity contribution in [3.05, 3.63) is 76.5 Å². The van der Waals surface area contributed by atoms with E-state index in [1.165, 1.54) is 11.3 Å². The Labute approximate surface area is 166 Å². The fourth-order valence-electron chi connectivity index (χ4n) is 2.92. The van der Waals surface area contributed by atoms with Gasteiger partial charge in [-0.3, -0.25) is 9.59 Å². The van der Waals surface area contributed by atoms with Gasteiger partial charge in [-0.1, -0.05) is 36.4 Å². The van der Waals surface area contributed by atoms with Crippen LogP contribution in [0, 0.1) is 0 Å². The number of hydrogen-bond acceptors (Lipinski definition) is 5. The van der Waals surface area contributed by atoms with Crippen LogP contribution in [0.15, 0.2) is 66.0 Å². The third kappa shape index (κ3) is 4.15. The number of benzene rings is 2. The summed E-state index contributed by atoms with van der Waals surface area (Å²) in [7, 11) is 0. The highest BCUT2D eigenvalue weighted by atomic mass is 32.1. The van der Waals surface area contributed by atoms with Gasteiger partial charge in [0.15, 0.2) is 11.5 Å². The molecule has 2 amide bonds. The normalized spacial score (nSPS) is 13.0. The Morgan fingerprint density at radius 2 is 1.82 bits per heavy atom. The minimum atomic E-state index is -0.806. The second-order valence-electron chi connectivity index (χ2n) is 6.22. The van der Waals surface area contributed by atoms with Gasteiger partial charge in [0, 0.05) is 16.6 Å². The number of nitrogens with one attached hydrogen (secondary N) is 2. The van der Waals surface area contributed by atoms with E-state index in [1.54, 1.807) is 18.2 Å². The summed E-state index contributed by atoms with van der Waals surface area (Å²) in [6.45, 7) is 0.165. The third-order valence-corrected chi connectivity index (χ3v) is 5.13. The van der Waals surface area contributed by atoms with Crippen molar-refractivity contribution in [1.29, 1.82) is 0 Å². The second-order valence-corrected chi connectivity index (χ2v) is 7.26. The van der Waals surface area contributed by atoms with Crippen molar-refractivity contribution < 1.29 is 19.1 Å². The molecule has 0 unspecified atom stereocenters. The van der Waals surface area contributed by atoms with Gasteiger partial charge in [-0.05, 0) is 29.1 Å². The maximum Gasteiger partial charge on any atom is 0.251 e. The Kier molecular flexibility index (Phi) is 5.25. The smallest absolute Gasteiger partial charge is 0.251 e. The molecule has 0 bridgehead atoms. The molecule has 0 radical (unpaired) electrons. The lowest BCUT2D eigenvalue weighted by molar-refractivity contribution is -0.126. The Bertz CT molecular complexity index is 973. The van der Waals surface area contributed by atoms with E-state index in [2.05, 4.69) is 10.6 Å². The molecule has 1 aliphatic rings. The Morgan fingerprint density at radius 3 is 2.61 bits per heavy atom. The van der Waals surface area contributed by atoms with Crippen LogP contribution in [0.3, 0.4) is 0 Å². The van der Waals surface area contributed by atoms with Gasteiger partial charge in [0.2, 0.25) is 12.7 Å². The zero-order chi connectivity index (χ0) is 19.3. The number of carbonyl (C=O) groups is 2. The zero-order valence-electron chi connectivity index (χ0n) is 14.9. The Balaban J connectivity index is 1.51. The predicted octanol–water partition coefficient (Wildman–Crippen LogP) is 3.52. The molecule has 28 heavy (non-hydrogen) atoms. The minimum absolute atomic E-state index is 0.165. The molecule has 0 saturated heterocycles. The van der Waals surface area contributed by atoms with Crippen molar-refractivity contribution in [2.75, 3.05) is 12.1 Å². The number of anilines is 1. The van der Waals surface area contributed by atoms with Crippen molar-refractivity contribution in [3.63, 3.8) is 0 Å². The van der Waals surface area contributed by atoms with Crippen molar-refractivity contribution in [1.82, 2.24) is 5.32 Å². The van der Waals surface area contributed by atoms with E-state index < -0.39 is 6.04 Å². The summed E-state index contributed by atoms with van der Waals surface area (Å²) in [6, 6.07) is 17.3. The molecule has 0 saturated carbocycles. The van der Waals surface area contributed by atoms with E-state index in [4.69, 9.17) is 9.47 Å². The van der Waals surface area contributed by atoms with Gasteiger partial charge in [-0.15, -0.1) is 11.3 Å².